The highest BCUT2D eigenvalue weighted by atomic mass is 32.1. The lowest BCUT2D eigenvalue weighted by molar-refractivity contribution is 0.397. The number of methoxy groups -OCH3 is 2. The molecule has 7 nitrogen and oxygen atoms in total. The van der Waals surface area contributed by atoms with E-state index in [9.17, 15) is 0 Å². The highest BCUT2D eigenvalue weighted by molar-refractivity contribution is 7.71. The Balaban J connectivity index is 2.08. The SMILES string of the molecule is COc1cc(Cn2c(=S)[nH]c3c(OC)ncnc32)ccn1. The van der Waals surface area contributed by atoms with Crippen molar-refractivity contribution in [2.45, 2.75) is 6.54 Å². The summed E-state index contributed by atoms with van der Waals surface area (Å²) >= 11 is 5.36. The number of H-pyrrole nitrogens is 1. The standard InChI is InChI=1S/C13H13N5O2S/c1-19-9-5-8(3-4-14-9)6-18-11-10(17-13(18)21)12(20-2)16-7-15-11/h3-5,7H,6H2,1-2H3,(H,17,21). The van der Waals surface area contributed by atoms with E-state index in [1.54, 1.807) is 20.4 Å². The highest BCUT2D eigenvalue weighted by Crippen LogP contribution is 2.21. The van der Waals surface area contributed by atoms with Crippen LogP contribution in [0.3, 0.4) is 0 Å². The van der Waals surface area contributed by atoms with Crippen molar-refractivity contribution in [3.05, 3.63) is 35.0 Å². The van der Waals surface area contributed by atoms with Crippen LogP contribution in [0.15, 0.2) is 24.7 Å². The van der Waals surface area contributed by atoms with Gasteiger partial charge in [-0.3, -0.25) is 4.57 Å². The number of hydrogen-bond donors (Lipinski definition) is 1. The van der Waals surface area contributed by atoms with Crippen LogP contribution in [0.4, 0.5) is 0 Å². The topological polar surface area (TPSA) is 77.9 Å². The quantitative estimate of drug-likeness (QED) is 0.742. The molecule has 108 valence electrons. The number of imidazole rings is 1. The molecule has 0 aliphatic heterocycles. The number of ether oxygens (including phenoxy) is 2. The molecule has 0 fully saturated rings. The third-order valence-electron chi connectivity index (χ3n) is 3.07. The van der Waals surface area contributed by atoms with E-state index in [4.69, 9.17) is 21.7 Å². The number of fused-ring (bicyclic) bond motifs is 1. The first-order valence-electron chi connectivity index (χ1n) is 6.19. The molecule has 21 heavy (non-hydrogen) atoms. The van der Waals surface area contributed by atoms with Crippen LogP contribution in [-0.4, -0.2) is 38.7 Å². The second kappa shape index (κ2) is 5.49. The number of nitrogens with zero attached hydrogens (tertiary/aromatic N) is 4. The minimum absolute atomic E-state index is 0.470. The van der Waals surface area contributed by atoms with Gasteiger partial charge in [-0.2, -0.15) is 4.98 Å². The van der Waals surface area contributed by atoms with Gasteiger partial charge in [0.1, 0.15) is 11.8 Å². The predicted octanol–water partition coefficient (Wildman–Crippen LogP) is 1.95. The molecule has 1 N–H and O–H groups in total. The van der Waals surface area contributed by atoms with Gasteiger partial charge in [0.05, 0.1) is 20.8 Å². The molecule has 8 heteroatoms. The van der Waals surface area contributed by atoms with Crippen LogP contribution in [0.2, 0.25) is 0 Å². The van der Waals surface area contributed by atoms with Gasteiger partial charge in [-0.15, -0.1) is 0 Å². The molecular formula is C13H13N5O2S. The van der Waals surface area contributed by atoms with E-state index in [1.807, 2.05) is 16.7 Å². The molecule has 3 heterocycles. The van der Waals surface area contributed by atoms with E-state index in [2.05, 4.69) is 19.9 Å². The molecule has 0 aliphatic rings. The maximum atomic E-state index is 5.36. The lowest BCUT2D eigenvalue weighted by Gasteiger charge is -2.06. The van der Waals surface area contributed by atoms with Crippen LogP contribution in [0, 0.1) is 4.77 Å². The Kier molecular flexibility index (Phi) is 3.53. The van der Waals surface area contributed by atoms with Crippen LogP contribution in [-0.2, 0) is 6.54 Å². The first-order valence-corrected chi connectivity index (χ1v) is 6.60. The van der Waals surface area contributed by atoms with Crippen molar-refractivity contribution in [2.24, 2.45) is 0 Å². The highest BCUT2D eigenvalue weighted by Gasteiger charge is 2.12. The van der Waals surface area contributed by atoms with Crippen LogP contribution < -0.4 is 9.47 Å². The van der Waals surface area contributed by atoms with E-state index >= 15 is 0 Å². The molecule has 0 bridgehead atoms. The van der Waals surface area contributed by atoms with Gasteiger partial charge in [0.2, 0.25) is 11.8 Å². The Bertz CT molecular complexity index is 842. The average Bonchev–Trinajstić information content (AvgIpc) is 2.83. The van der Waals surface area contributed by atoms with Crippen LogP contribution in [0.1, 0.15) is 5.56 Å². The van der Waals surface area contributed by atoms with Crippen molar-refractivity contribution < 1.29 is 9.47 Å². The van der Waals surface area contributed by atoms with Gasteiger partial charge >= 0.3 is 0 Å². The molecule has 0 saturated carbocycles. The molecule has 0 aliphatic carbocycles. The molecular weight excluding hydrogens is 290 g/mol. The number of pyridine rings is 1. The first-order chi connectivity index (χ1) is 10.2. The summed E-state index contributed by atoms with van der Waals surface area (Å²) in [6.45, 7) is 0.553. The minimum atomic E-state index is 0.470. The summed E-state index contributed by atoms with van der Waals surface area (Å²) in [6.07, 6.45) is 3.15. The second-order valence-electron chi connectivity index (χ2n) is 4.30. The Labute approximate surface area is 125 Å². The van der Waals surface area contributed by atoms with Gasteiger partial charge in [0.15, 0.2) is 10.4 Å². The van der Waals surface area contributed by atoms with Gasteiger partial charge in [0, 0.05) is 12.3 Å². The van der Waals surface area contributed by atoms with Crippen molar-refractivity contribution in [1.29, 1.82) is 0 Å². The number of nitrogens with one attached hydrogen (secondary N) is 1. The van der Waals surface area contributed by atoms with E-state index in [-0.39, 0.29) is 0 Å². The molecule has 0 spiro atoms. The predicted molar refractivity (Wildman–Crippen MR) is 79.2 cm³/mol. The zero-order chi connectivity index (χ0) is 14.8. The van der Waals surface area contributed by atoms with Crippen LogP contribution in [0.5, 0.6) is 11.8 Å². The van der Waals surface area contributed by atoms with Gasteiger partial charge in [-0.25, -0.2) is 9.97 Å². The molecule has 0 radical (unpaired) electrons. The summed E-state index contributed by atoms with van der Waals surface area (Å²) in [7, 11) is 3.14. The summed E-state index contributed by atoms with van der Waals surface area (Å²) in [5.41, 5.74) is 2.39. The fourth-order valence-corrected chi connectivity index (χ4v) is 2.34. The van der Waals surface area contributed by atoms with Crippen molar-refractivity contribution in [3.8, 4) is 11.8 Å². The number of rotatable bonds is 4. The van der Waals surface area contributed by atoms with Crippen LogP contribution >= 0.6 is 12.2 Å². The molecule has 0 atom stereocenters. The fourth-order valence-electron chi connectivity index (χ4n) is 2.09. The zero-order valence-corrected chi connectivity index (χ0v) is 12.3. The van der Waals surface area contributed by atoms with E-state index < -0.39 is 0 Å². The normalized spacial score (nSPS) is 10.8. The van der Waals surface area contributed by atoms with Crippen molar-refractivity contribution in [1.82, 2.24) is 24.5 Å². The van der Waals surface area contributed by atoms with Gasteiger partial charge in [0.25, 0.3) is 0 Å². The molecule has 0 amide bonds. The largest absolute Gasteiger partial charge is 0.481 e. The third kappa shape index (κ3) is 2.45. The summed E-state index contributed by atoms with van der Waals surface area (Å²) in [4.78, 5) is 15.5. The molecule has 3 aromatic rings. The fraction of sp³-hybridized carbons (Fsp3) is 0.231. The molecule has 3 aromatic heterocycles. The monoisotopic (exact) mass is 303 g/mol. The maximum Gasteiger partial charge on any atom is 0.242 e. The summed E-state index contributed by atoms with van der Waals surface area (Å²) < 4.78 is 12.8. The summed E-state index contributed by atoms with van der Waals surface area (Å²) in [5, 5.41) is 0. The molecule has 3 rings (SSSR count). The van der Waals surface area contributed by atoms with Crippen molar-refractivity contribution >= 4 is 23.4 Å². The van der Waals surface area contributed by atoms with Gasteiger partial charge in [-0.05, 0) is 23.8 Å². The number of aromatic amines is 1. The Morgan fingerprint density at radius 3 is 2.86 bits per heavy atom. The second-order valence-corrected chi connectivity index (χ2v) is 4.69. The summed E-state index contributed by atoms with van der Waals surface area (Å²) in [6, 6.07) is 3.76. The Morgan fingerprint density at radius 1 is 1.24 bits per heavy atom. The van der Waals surface area contributed by atoms with Crippen molar-refractivity contribution in [3.63, 3.8) is 0 Å². The molecule has 0 aromatic carbocycles. The third-order valence-corrected chi connectivity index (χ3v) is 3.39. The maximum absolute atomic E-state index is 5.36. The van der Waals surface area contributed by atoms with Gasteiger partial charge < -0.3 is 14.5 Å². The van der Waals surface area contributed by atoms with E-state index in [0.29, 0.717) is 34.2 Å². The number of hydrogen-bond acceptors (Lipinski definition) is 6. The zero-order valence-electron chi connectivity index (χ0n) is 11.5. The molecule has 0 saturated heterocycles. The Morgan fingerprint density at radius 2 is 2.10 bits per heavy atom. The smallest absolute Gasteiger partial charge is 0.242 e. The van der Waals surface area contributed by atoms with Crippen LogP contribution in [0.25, 0.3) is 11.2 Å². The van der Waals surface area contributed by atoms with E-state index in [1.165, 1.54) is 6.33 Å². The summed E-state index contributed by atoms with van der Waals surface area (Å²) in [5.74, 6) is 1.03. The van der Waals surface area contributed by atoms with Gasteiger partial charge in [-0.1, -0.05) is 0 Å². The van der Waals surface area contributed by atoms with E-state index in [0.717, 1.165) is 5.56 Å². The number of aromatic nitrogens is 5. The lowest BCUT2D eigenvalue weighted by Crippen LogP contribution is -2.02. The van der Waals surface area contributed by atoms with Crippen molar-refractivity contribution in [2.75, 3.05) is 14.2 Å². The molecule has 0 unspecified atom stereocenters. The average molecular weight is 303 g/mol. The Hall–Kier alpha value is -2.48. The lowest BCUT2D eigenvalue weighted by atomic mass is 10.2. The minimum Gasteiger partial charge on any atom is -0.481 e. The first kappa shape index (κ1) is 13.5.